The van der Waals surface area contributed by atoms with Gasteiger partial charge in [0.25, 0.3) is 0 Å². The second kappa shape index (κ2) is 17.9. The van der Waals surface area contributed by atoms with Crippen molar-refractivity contribution in [1.29, 1.82) is 0 Å². The summed E-state index contributed by atoms with van der Waals surface area (Å²) in [5, 5.41) is 10.8. The van der Waals surface area contributed by atoms with Crippen LogP contribution in [-0.2, 0) is 28.7 Å². The molecule has 6 saturated carbocycles. The summed E-state index contributed by atoms with van der Waals surface area (Å²) in [6.07, 6.45) is 24.7. The minimum atomic E-state index is -0.544. The van der Waals surface area contributed by atoms with Crippen LogP contribution in [0.4, 0.5) is 0 Å². The molecule has 75 heavy (non-hydrogen) atoms. The number of methoxy groups -OCH3 is 2. The molecule has 418 valence electrons. The second-order valence-electron chi connectivity index (χ2n) is 31.4. The Labute approximate surface area is 455 Å². The van der Waals surface area contributed by atoms with Gasteiger partial charge in [0.1, 0.15) is 0 Å². The largest absolute Gasteiger partial charge is 0.469 e. The fourth-order valence-electron chi connectivity index (χ4n) is 22.0. The monoisotopic (exact) mass is 1030 g/mol. The maximum Gasteiger partial charge on any atom is 0.312 e. The lowest BCUT2D eigenvalue weighted by atomic mass is 9.34. The third-order valence-corrected chi connectivity index (χ3v) is 27.4. The van der Waals surface area contributed by atoms with Crippen LogP contribution in [0.3, 0.4) is 0 Å². The third-order valence-electron chi connectivity index (χ3n) is 27.4. The van der Waals surface area contributed by atoms with Crippen molar-refractivity contribution in [3.8, 4) is 0 Å². The van der Waals surface area contributed by atoms with Gasteiger partial charge in [0.15, 0.2) is 11.6 Å². The molecule has 10 aliphatic carbocycles. The fraction of sp³-hybridized carbons (Fsp3) is 0.824. The van der Waals surface area contributed by atoms with Crippen LogP contribution in [-0.4, -0.2) is 49.4 Å². The number of rotatable bonds is 5. The maximum absolute atomic E-state index is 14.5. The van der Waals surface area contributed by atoms with E-state index < -0.39 is 10.8 Å². The molecular formula is C68H104O7. The highest BCUT2D eigenvalue weighted by atomic mass is 16.5. The van der Waals surface area contributed by atoms with Crippen molar-refractivity contribution in [1.82, 2.24) is 0 Å². The first-order valence-electron chi connectivity index (χ1n) is 30.4. The van der Waals surface area contributed by atoms with Crippen molar-refractivity contribution in [3.05, 3.63) is 46.6 Å². The zero-order valence-electron chi connectivity index (χ0n) is 50.8. The van der Waals surface area contributed by atoms with Crippen LogP contribution in [0.5, 0.6) is 0 Å². The molecule has 0 unspecified atom stereocenters. The van der Waals surface area contributed by atoms with Gasteiger partial charge in [0.2, 0.25) is 0 Å². The van der Waals surface area contributed by atoms with Crippen molar-refractivity contribution in [2.24, 2.45) is 112 Å². The molecule has 10 aliphatic rings. The van der Waals surface area contributed by atoms with Crippen LogP contribution in [0.2, 0.25) is 0 Å². The molecule has 0 aromatic carbocycles. The molecule has 0 aromatic rings. The molecule has 17 atom stereocenters. The lowest BCUT2D eigenvalue weighted by Crippen LogP contribution is -2.66. The van der Waals surface area contributed by atoms with Gasteiger partial charge in [0, 0.05) is 34.7 Å². The van der Waals surface area contributed by atoms with E-state index in [9.17, 15) is 24.3 Å². The average Bonchev–Trinajstić information content (AvgIpc) is 3.35. The predicted molar refractivity (Wildman–Crippen MR) is 301 cm³/mol. The first kappa shape index (κ1) is 56.9. The molecular weight excluding hydrogens is 929 g/mol. The Morgan fingerprint density at radius 3 is 1.31 bits per heavy atom. The van der Waals surface area contributed by atoms with Gasteiger partial charge in [-0.2, -0.15) is 0 Å². The number of esters is 2. The van der Waals surface area contributed by atoms with Crippen LogP contribution in [0.25, 0.3) is 0 Å². The Balaban J connectivity index is 0.000000184. The van der Waals surface area contributed by atoms with Crippen molar-refractivity contribution < 1.29 is 33.8 Å². The normalized spacial score (nSPS) is 48.7. The molecule has 6 fully saturated rings. The number of hydrogen-bond acceptors (Lipinski definition) is 7. The average molecular weight is 1030 g/mol. The molecule has 0 aromatic heterocycles. The smallest absolute Gasteiger partial charge is 0.312 e. The van der Waals surface area contributed by atoms with Crippen LogP contribution in [0.1, 0.15) is 220 Å². The van der Waals surface area contributed by atoms with E-state index in [1.54, 1.807) is 5.57 Å². The van der Waals surface area contributed by atoms with Gasteiger partial charge >= 0.3 is 11.9 Å². The fourth-order valence-corrected chi connectivity index (χ4v) is 22.0. The molecule has 7 heteroatoms. The van der Waals surface area contributed by atoms with Gasteiger partial charge in [-0.1, -0.05) is 152 Å². The van der Waals surface area contributed by atoms with Crippen LogP contribution >= 0.6 is 0 Å². The van der Waals surface area contributed by atoms with Gasteiger partial charge in [-0.05, 0) is 188 Å². The number of allylic oxidation sites excluding steroid dienone is 8. The molecule has 7 nitrogen and oxygen atoms in total. The zero-order chi connectivity index (χ0) is 55.5. The molecule has 0 heterocycles. The summed E-state index contributed by atoms with van der Waals surface area (Å²) in [5.41, 5.74) is 3.93. The summed E-state index contributed by atoms with van der Waals surface area (Å²) < 4.78 is 10.9. The lowest BCUT2D eigenvalue weighted by molar-refractivity contribution is -0.192. The molecule has 0 amide bonds. The van der Waals surface area contributed by atoms with E-state index in [0.717, 1.165) is 96.3 Å². The first-order chi connectivity index (χ1) is 34.6. The topological polar surface area (TPSA) is 107 Å². The Hall–Kier alpha value is -2.80. The highest BCUT2D eigenvalue weighted by molar-refractivity contribution is 5.97. The van der Waals surface area contributed by atoms with Crippen LogP contribution < -0.4 is 0 Å². The van der Waals surface area contributed by atoms with Gasteiger partial charge in [-0.3, -0.25) is 19.2 Å². The summed E-state index contributed by atoms with van der Waals surface area (Å²) >= 11 is 0. The predicted octanol–water partition coefficient (Wildman–Crippen LogP) is 15.6. The third kappa shape index (κ3) is 7.43. The number of ether oxygens (including phenoxy) is 2. The summed E-state index contributed by atoms with van der Waals surface area (Å²) in [6.45, 7) is 40.4. The minimum Gasteiger partial charge on any atom is -0.469 e. The molecule has 1 N–H and O–H groups in total. The number of carbonyl (C=O) groups is 4. The van der Waals surface area contributed by atoms with Crippen molar-refractivity contribution in [2.75, 3.05) is 20.8 Å². The number of aliphatic hydroxyl groups excluding tert-OH is 1. The number of carbonyl (C=O) groups excluding carboxylic acids is 4. The van der Waals surface area contributed by atoms with E-state index in [0.29, 0.717) is 23.7 Å². The molecule has 0 aliphatic heterocycles. The summed E-state index contributed by atoms with van der Waals surface area (Å²) in [7, 11) is 3.06. The minimum absolute atomic E-state index is 0.0148. The van der Waals surface area contributed by atoms with Gasteiger partial charge in [-0.15, -0.1) is 0 Å². The van der Waals surface area contributed by atoms with Gasteiger partial charge in [0.05, 0.1) is 25.0 Å². The van der Waals surface area contributed by atoms with E-state index in [1.165, 1.54) is 37.4 Å². The Morgan fingerprint density at radius 1 is 0.547 bits per heavy atom. The molecule has 0 saturated heterocycles. The number of ketones is 2. The number of aliphatic hydroxyl groups is 1. The maximum atomic E-state index is 14.5. The summed E-state index contributed by atoms with van der Waals surface area (Å²) in [5.74, 6) is 1.85. The Kier molecular flexibility index (Phi) is 13.5. The SMILES string of the molecule is CCC1=C[C@]2(C)C3=CC(=O)[C@@H]4[C@@H]5CC(C)(C)CC[C@]5(C(=O)OC)CC[C@@]4(C)[C@]3(C)CC[C@H]2C(C)(C)[C@H]1C.CCC1=C[C@]2(C)C3=CC(=O)[C@@H]4[C@@H]5CC(C)(C)CC[C@]5(C(=O)OC)CC[C@@]4(C)[C@]3(C)CC[C@H]2[C@](C)(CO)[C@H]1C. The van der Waals surface area contributed by atoms with Gasteiger partial charge < -0.3 is 14.6 Å². The molecule has 0 spiro atoms. The lowest BCUT2D eigenvalue weighted by Gasteiger charge is -2.69. The van der Waals surface area contributed by atoms with Crippen LogP contribution in [0.15, 0.2) is 46.6 Å². The Morgan fingerprint density at radius 2 is 0.920 bits per heavy atom. The van der Waals surface area contributed by atoms with Crippen molar-refractivity contribution >= 4 is 23.5 Å². The van der Waals surface area contributed by atoms with Crippen molar-refractivity contribution in [2.45, 2.75) is 220 Å². The van der Waals surface area contributed by atoms with E-state index in [4.69, 9.17) is 9.47 Å². The molecule has 0 bridgehead atoms. The van der Waals surface area contributed by atoms with E-state index in [-0.39, 0.29) is 108 Å². The van der Waals surface area contributed by atoms with E-state index in [1.807, 2.05) is 6.08 Å². The number of fused-ring (bicyclic) bond motifs is 14. The molecule has 10 rings (SSSR count). The molecule has 0 radical (unpaired) electrons. The van der Waals surface area contributed by atoms with E-state index in [2.05, 4.69) is 136 Å². The number of hydrogen-bond donors (Lipinski definition) is 1. The summed E-state index contributed by atoms with van der Waals surface area (Å²) in [6, 6.07) is 0. The van der Waals surface area contributed by atoms with E-state index >= 15 is 0 Å². The second-order valence-corrected chi connectivity index (χ2v) is 31.4. The standard InChI is InChI=1S/C34H52O4.C34H52O3/c1-10-22-18-30(5)25(31(6,20-35)21(22)2)11-12-32(7)26(30)17-24(36)27-23-19-29(3,4)13-15-34(23,28(37)38-9)16-14-33(27,32)8;1-11-22-19-31(7)25(30(5,6)21(22)2)12-13-32(8)26(31)18-24(35)27-23-20-29(3,4)14-16-34(23,28(36)37-10)17-15-33(27,32)9/h17-18,21,23,25,27,35H,10-16,19-20H2,1-9H3;18-19,21,23,25,27H,11-17,20H2,1-10H3/t21-,23-,25+,27-,30-,31+,32+,33+,34-;21-,23-,25-,27-,31-,32+,33+,34-/m00/s1. The van der Waals surface area contributed by atoms with Crippen LogP contribution in [0, 0.1) is 112 Å². The quantitative estimate of drug-likeness (QED) is 0.216. The highest BCUT2D eigenvalue weighted by Gasteiger charge is 2.73. The Bertz CT molecular complexity index is 2520. The van der Waals surface area contributed by atoms with Crippen molar-refractivity contribution in [3.63, 3.8) is 0 Å². The highest BCUT2D eigenvalue weighted by Crippen LogP contribution is 2.78. The van der Waals surface area contributed by atoms with Gasteiger partial charge in [-0.25, -0.2) is 0 Å². The summed E-state index contributed by atoms with van der Waals surface area (Å²) in [4.78, 5) is 55.9. The first-order valence-corrected chi connectivity index (χ1v) is 30.4. The zero-order valence-corrected chi connectivity index (χ0v) is 50.8.